The van der Waals surface area contributed by atoms with Crippen molar-refractivity contribution in [2.75, 3.05) is 0 Å². The van der Waals surface area contributed by atoms with Crippen LogP contribution in [0.4, 0.5) is 0 Å². The van der Waals surface area contributed by atoms with Crippen LogP contribution >= 0.6 is 11.6 Å². The van der Waals surface area contributed by atoms with Crippen LogP contribution in [0.2, 0.25) is 5.02 Å². The quantitative estimate of drug-likeness (QED) is 0.697. The van der Waals surface area contributed by atoms with Gasteiger partial charge in [0.15, 0.2) is 0 Å². The molecule has 1 N–H and O–H groups in total. The van der Waals surface area contributed by atoms with E-state index in [2.05, 4.69) is 10.2 Å². The monoisotopic (exact) mass is 204 g/mol. The Balaban J connectivity index is 2.58. The van der Waals surface area contributed by atoms with Crippen molar-refractivity contribution in [3.63, 3.8) is 0 Å². The van der Waals surface area contributed by atoms with Crippen molar-refractivity contribution in [3.05, 3.63) is 35.0 Å². The van der Waals surface area contributed by atoms with Gasteiger partial charge in [-0.1, -0.05) is 23.7 Å². The van der Waals surface area contributed by atoms with E-state index in [9.17, 15) is 0 Å². The molecule has 0 amide bonds. The van der Waals surface area contributed by atoms with Crippen LogP contribution in [0.15, 0.2) is 24.4 Å². The van der Waals surface area contributed by atoms with Crippen molar-refractivity contribution < 1.29 is 0 Å². The average Bonchev–Trinajstić information content (AvgIpc) is 2.52. The second-order valence-corrected chi connectivity index (χ2v) is 3.82. The number of halogens is 1. The number of benzene rings is 1. The fraction of sp³-hybridized carbons (Fsp3) is 0.100. The third-order valence-corrected chi connectivity index (χ3v) is 2.54. The number of nitrogens with one attached hydrogen (secondary N) is 1. The summed E-state index contributed by atoms with van der Waals surface area (Å²) in [4.78, 5) is 0. The summed E-state index contributed by atoms with van der Waals surface area (Å²) in [5.74, 6) is 0. The Kier molecular flexibility index (Phi) is 2.34. The molecule has 2 rings (SSSR count). The van der Waals surface area contributed by atoms with Crippen LogP contribution in [0.5, 0.6) is 0 Å². The van der Waals surface area contributed by atoms with Crippen LogP contribution in [0.3, 0.4) is 0 Å². The molecule has 0 saturated carbocycles. The van der Waals surface area contributed by atoms with Gasteiger partial charge in [-0.3, -0.25) is 5.10 Å². The van der Waals surface area contributed by atoms with E-state index >= 15 is 0 Å². The Morgan fingerprint density at radius 3 is 2.79 bits per heavy atom. The predicted molar refractivity (Wildman–Crippen MR) is 61.9 cm³/mol. The highest BCUT2D eigenvalue weighted by Crippen LogP contribution is 2.25. The molecule has 0 radical (unpaired) electrons. The summed E-state index contributed by atoms with van der Waals surface area (Å²) in [7, 11) is 2.01. The summed E-state index contributed by atoms with van der Waals surface area (Å²) in [6.45, 7) is 2.02. The maximum atomic E-state index is 6.15. The molecule has 0 aliphatic carbocycles. The van der Waals surface area contributed by atoms with Gasteiger partial charge in [-0.2, -0.15) is 5.10 Å². The largest absolute Gasteiger partial charge is 0.278 e. The van der Waals surface area contributed by atoms with Crippen molar-refractivity contribution in [1.82, 2.24) is 10.2 Å². The van der Waals surface area contributed by atoms with E-state index in [0.29, 0.717) is 0 Å². The lowest BCUT2D eigenvalue weighted by Crippen LogP contribution is -2.02. The van der Waals surface area contributed by atoms with Crippen molar-refractivity contribution in [2.45, 2.75) is 6.92 Å². The topological polar surface area (TPSA) is 28.7 Å². The lowest BCUT2D eigenvalue weighted by Gasteiger charge is -2.03. The molecule has 0 aliphatic heterocycles. The highest BCUT2D eigenvalue weighted by atomic mass is 35.5. The molecule has 70 valence electrons. The highest BCUT2D eigenvalue weighted by Gasteiger charge is 2.07. The summed E-state index contributed by atoms with van der Waals surface area (Å²) in [6.07, 6.45) is 1.80. The third kappa shape index (κ3) is 1.55. The normalized spacial score (nSPS) is 10.4. The SMILES string of the molecule is Bc1cn[nH]c1-c1ccc(C)cc1Cl. The molecule has 0 fully saturated rings. The smallest absolute Gasteiger partial charge is 0.144 e. The summed E-state index contributed by atoms with van der Waals surface area (Å²) in [6, 6.07) is 6.01. The van der Waals surface area contributed by atoms with Crippen molar-refractivity contribution in [3.8, 4) is 11.3 Å². The number of aryl methyl sites for hydroxylation is 1. The minimum atomic E-state index is 0.761. The van der Waals surface area contributed by atoms with E-state index in [1.54, 1.807) is 6.20 Å². The lowest BCUT2D eigenvalue weighted by molar-refractivity contribution is 1.09. The van der Waals surface area contributed by atoms with Gasteiger partial charge in [0.1, 0.15) is 7.85 Å². The van der Waals surface area contributed by atoms with E-state index in [1.807, 2.05) is 33.0 Å². The average molecular weight is 204 g/mol. The van der Waals surface area contributed by atoms with Gasteiger partial charge >= 0.3 is 0 Å². The number of nitrogens with zero attached hydrogens (tertiary/aromatic N) is 1. The fourth-order valence-electron chi connectivity index (χ4n) is 1.44. The number of aromatic nitrogens is 2. The maximum absolute atomic E-state index is 6.15. The molecule has 2 aromatic rings. The van der Waals surface area contributed by atoms with Gasteiger partial charge in [0.25, 0.3) is 0 Å². The van der Waals surface area contributed by atoms with Crippen LogP contribution < -0.4 is 5.46 Å². The number of hydrogen-bond acceptors (Lipinski definition) is 1. The number of hydrogen-bond donors (Lipinski definition) is 1. The first-order valence-corrected chi connectivity index (χ1v) is 4.83. The van der Waals surface area contributed by atoms with Gasteiger partial charge in [0, 0.05) is 11.8 Å². The second-order valence-electron chi connectivity index (χ2n) is 3.41. The first-order chi connectivity index (χ1) is 6.68. The molecule has 2 nitrogen and oxygen atoms in total. The first-order valence-electron chi connectivity index (χ1n) is 4.45. The summed E-state index contributed by atoms with van der Waals surface area (Å²) in [5, 5.41) is 7.69. The zero-order chi connectivity index (χ0) is 10.1. The third-order valence-electron chi connectivity index (χ3n) is 2.22. The van der Waals surface area contributed by atoms with Crippen molar-refractivity contribution >= 4 is 24.9 Å². The van der Waals surface area contributed by atoms with Crippen LogP contribution in [0.1, 0.15) is 5.56 Å². The predicted octanol–water partition coefficient (Wildman–Crippen LogP) is 1.30. The van der Waals surface area contributed by atoms with Gasteiger partial charge in [-0.25, -0.2) is 0 Å². The first kappa shape index (κ1) is 9.34. The molecular formula is C10H10BClN2. The van der Waals surface area contributed by atoms with Gasteiger partial charge in [-0.05, 0) is 24.0 Å². The van der Waals surface area contributed by atoms with E-state index in [-0.39, 0.29) is 0 Å². The second kappa shape index (κ2) is 3.50. The van der Waals surface area contributed by atoms with E-state index < -0.39 is 0 Å². The molecule has 1 heterocycles. The molecule has 0 atom stereocenters. The Morgan fingerprint density at radius 2 is 2.21 bits per heavy atom. The van der Waals surface area contributed by atoms with Crippen LogP contribution in [0.25, 0.3) is 11.3 Å². The zero-order valence-electron chi connectivity index (χ0n) is 8.13. The van der Waals surface area contributed by atoms with E-state index in [4.69, 9.17) is 11.6 Å². The van der Waals surface area contributed by atoms with Crippen molar-refractivity contribution in [2.24, 2.45) is 0 Å². The Hall–Kier alpha value is -1.22. The fourth-order valence-corrected chi connectivity index (χ4v) is 1.77. The van der Waals surface area contributed by atoms with E-state index in [1.165, 1.54) is 0 Å². The Labute approximate surface area is 88.7 Å². The maximum Gasteiger partial charge on any atom is 0.144 e. The van der Waals surface area contributed by atoms with Crippen LogP contribution in [-0.2, 0) is 0 Å². The minimum Gasteiger partial charge on any atom is -0.278 e. The van der Waals surface area contributed by atoms with Gasteiger partial charge in [0.05, 0.1) is 10.7 Å². The molecule has 0 spiro atoms. The number of aromatic amines is 1. The molecule has 1 aromatic heterocycles. The molecule has 0 unspecified atom stereocenters. The molecular weight excluding hydrogens is 194 g/mol. The number of rotatable bonds is 1. The van der Waals surface area contributed by atoms with Crippen molar-refractivity contribution in [1.29, 1.82) is 0 Å². The lowest BCUT2D eigenvalue weighted by atomic mass is 9.93. The standard InChI is InChI=1S/C10H10BClN2/c1-6-2-3-7(9(12)4-6)10-8(11)5-13-14-10/h2-5H,11H2,1H3,(H,13,14). The molecule has 1 aromatic carbocycles. The summed E-state index contributed by atoms with van der Waals surface area (Å²) >= 11 is 6.15. The Bertz CT molecular complexity index is 465. The van der Waals surface area contributed by atoms with Crippen LogP contribution in [0, 0.1) is 6.92 Å². The molecule has 14 heavy (non-hydrogen) atoms. The van der Waals surface area contributed by atoms with Crippen LogP contribution in [-0.4, -0.2) is 18.0 Å². The van der Waals surface area contributed by atoms with Gasteiger partial charge in [-0.15, -0.1) is 0 Å². The molecule has 0 saturated heterocycles. The Morgan fingerprint density at radius 1 is 1.43 bits per heavy atom. The highest BCUT2D eigenvalue weighted by molar-refractivity contribution is 6.38. The molecule has 4 heteroatoms. The molecule has 0 aliphatic rings. The zero-order valence-corrected chi connectivity index (χ0v) is 8.89. The van der Waals surface area contributed by atoms with E-state index in [0.717, 1.165) is 27.3 Å². The van der Waals surface area contributed by atoms with Gasteiger partial charge in [0.2, 0.25) is 0 Å². The van der Waals surface area contributed by atoms with Gasteiger partial charge < -0.3 is 0 Å². The minimum absolute atomic E-state index is 0.761. The summed E-state index contributed by atoms with van der Waals surface area (Å²) in [5.41, 5.74) is 4.27. The summed E-state index contributed by atoms with van der Waals surface area (Å²) < 4.78 is 0. The molecule has 0 bridgehead atoms. The number of H-pyrrole nitrogens is 1.